The van der Waals surface area contributed by atoms with Gasteiger partial charge in [0.15, 0.2) is 0 Å². The Kier molecular flexibility index (Phi) is 7.88. The summed E-state index contributed by atoms with van der Waals surface area (Å²) in [6.07, 6.45) is 13.9. The van der Waals surface area contributed by atoms with E-state index in [1.807, 2.05) is 0 Å². The average molecular weight is 287 g/mol. The maximum atomic E-state index is 3.86. The van der Waals surface area contributed by atoms with Crippen molar-refractivity contribution in [3.8, 4) is 0 Å². The molecule has 0 aliphatic heterocycles. The van der Waals surface area contributed by atoms with Crippen molar-refractivity contribution in [1.82, 2.24) is 5.32 Å². The first-order valence-corrected chi connectivity index (χ1v) is 9.17. The van der Waals surface area contributed by atoms with Gasteiger partial charge in [-0.25, -0.2) is 0 Å². The molecule has 1 nitrogen and oxygen atoms in total. The van der Waals surface area contributed by atoms with Crippen LogP contribution in [0.1, 0.15) is 70.3 Å². The van der Waals surface area contributed by atoms with Crippen molar-refractivity contribution < 1.29 is 0 Å². The zero-order valence-corrected chi connectivity index (χ0v) is 13.8. The number of hydrogen-bond acceptors (Lipinski definition) is 1. The molecule has 1 aromatic carbocycles. The molecule has 118 valence electrons. The third kappa shape index (κ3) is 6.22. The van der Waals surface area contributed by atoms with E-state index in [1.54, 1.807) is 0 Å². The highest BCUT2D eigenvalue weighted by atomic mass is 14.9. The van der Waals surface area contributed by atoms with Gasteiger partial charge in [0.1, 0.15) is 0 Å². The molecular formula is C20H33N. The summed E-state index contributed by atoms with van der Waals surface area (Å²) in [6.45, 7) is 3.45. The molecule has 1 atom stereocenters. The van der Waals surface area contributed by atoms with Crippen LogP contribution in [0.2, 0.25) is 0 Å². The zero-order chi connectivity index (χ0) is 14.8. The third-order valence-electron chi connectivity index (χ3n) is 4.96. The van der Waals surface area contributed by atoms with Crippen LogP contribution in [0.3, 0.4) is 0 Å². The van der Waals surface area contributed by atoms with Crippen LogP contribution >= 0.6 is 0 Å². The highest BCUT2D eigenvalue weighted by Crippen LogP contribution is 2.27. The summed E-state index contributed by atoms with van der Waals surface area (Å²) in [4.78, 5) is 0. The molecule has 0 bridgehead atoms. The van der Waals surface area contributed by atoms with E-state index < -0.39 is 0 Å². The fourth-order valence-corrected chi connectivity index (χ4v) is 3.69. The number of nitrogens with one attached hydrogen (secondary N) is 1. The van der Waals surface area contributed by atoms with Gasteiger partial charge in [0.2, 0.25) is 0 Å². The molecule has 2 rings (SSSR count). The lowest BCUT2D eigenvalue weighted by Crippen LogP contribution is -2.37. The topological polar surface area (TPSA) is 12.0 Å². The highest BCUT2D eigenvalue weighted by molar-refractivity contribution is 5.14. The van der Waals surface area contributed by atoms with E-state index in [0.29, 0.717) is 0 Å². The maximum Gasteiger partial charge on any atom is 0.00984 e. The molecule has 1 saturated carbocycles. The Hall–Kier alpha value is -0.820. The van der Waals surface area contributed by atoms with Gasteiger partial charge in [-0.1, -0.05) is 69.4 Å². The molecule has 0 amide bonds. The normalized spacial score (nSPS) is 18.9. The average Bonchev–Trinajstić information content (AvgIpc) is 2.49. The molecule has 1 N–H and O–H groups in total. The second kappa shape index (κ2) is 10.00. The van der Waals surface area contributed by atoms with Gasteiger partial charge in [0.25, 0.3) is 0 Å². The molecule has 0 radical (unpaired) electrons. The molecule has 0 saturated heterocycles. The molecule has 1 aliphatic rings. The summed E-state index contributed by atoms with van der Waals surface area (Å²) in [5, 5.41) is 3.86. The third-order valence-corrected chi connectivity index (χ3v) is 4.96. The van der Waals surface area contributed by atoms with Gasteiger partial charge in [-0.2, -0.15) is 0 Å². The molecular weight excluding hydrogens is 254 g/mol. The van der Waals surface area contributed by atoms with Crippen LogP contribution in [0.15, 0.2) is 30.3 Å². The molecule has 1 fully saturated rings. The monoisotopic (exact) mass is 287 g/mol. The number of rotatable bonds is 7. The van der Waals surface area contributed by atoms with Gasteiger partial charge >= 0.3 is 0 Å². The Balaban J connectivity index is 1.88. The molecule has 0 spiro atoms. The van der Waals surface area contributed by atoms with Crippen molar-refractivity contribution in [2.24, 2.45) is 5.92 Å². The minimum Gasteiger partial charge on any atom is -0.314 e. The predicted octanol–water partition coefficient (Wildman–Crippen LogP) is 5.35. The summed E-state index contributed by atoms with van der Waals surface area (Å²) in [7, 11) is 0. The Labute approximate surface area is 131 Å². The van der Waals surface area contributed by atoms with Gasteiger partial charge in [0, 0.05) is 6.04 Å². The quantitative estimate of drug-likeness (QED) is 0.713. The van der Waals surface area contributed by atoms with Crippen LogP contribution in [0.5, 0.6) is 0 Å². The Bertz CT molecular complexity index is 351. The zero-order valence-electron chi connectivity index (χ0n) is 13.8. The van der Waals surface area contributed by atoms with Crippen molar-refractivity contribution in [2.75, 3.05) is 6.54 Å². The second-order valence-electron chi connectivity index (χ2n) is 6.69. The SMILES string of the molecule is CCCNC(CCc1ccccc1)C1CCCCCCC1. The van der Waals surface area contributed by atoms with Crippen LogP contribution in [0.25, 0.3) is 0 Å². The summed E-state index contributed by atoms with van der Waals surface area (Å²) < 4.78 is 0. The van der Waals surface area contributed by atoms with Crippen LogP contribution in [0.4, 0.5) is 0 Å². The molecule has 1 unspecified atom stereocenters. The summed E-state index contributed by atoms with van der Waals surface area (Å²) in [5.74, 6) is 0.903. The van der Waals surface area contributed by atoms with E-state index in [0.717, 1.165) is 12.0 Å². The second-order valence-corrected chi connectivity index (χ2v) is 6.69. The van der Waals surface area contributed by atoms with Crippen molar-refractivity contribution in [1.29, 1.82) is 0 Å². The fraction of sp³-hybridized carbons (Fsp3) is 0.700. The van der Waals surface area contributed by atoms with Crippen molar-refractivity contribution in [3.63, 3.8) is 0 Å². The number of aryl methyl sites for hydroxylation is 1. The van der Waals surface area contributed by atoms with Crippen molar-refractivity contribution in [3.05, 3.63) is 35.9 Å². The molecule has 1 aliphatic carbocycles. The van der Waals surface area contributed by atoms with E-state index in [4.69, 9.17) is 0 Å². The minimum absolute atomic E-state index is 0.725. The lowest BCUT2D eigenvalue weighted by molar-refractivity contribution is 0.273. The fourth-order valence-electron chi connectivity index (χ4n) is 3.69. The van der Waals surface area contributed by atoms with Gasteiger partial charge in [-0.05, 0) is 50.1 Å². The summed E-state index contributed by atoms with van der Waals surface area (Å²) >= 11 is 0. The Morgan fingerprint density at radius 2 is 1.67 bits per heavy atom. The minimum atomic E-state index is 0.725. The number of benzene rings is 1. The van der Waals surface area contributed by atoms with E-state index in [1.165, 1.54) is 76.3 Å². The summed E-state index contributed by atoms with van der Waals surface area (Å²) in [6, 6.07) is 11.7. The maximum absolute atomic E-state index is 3.86. The largest absolute Gasteiger partial charge is 0.314 e. The van der Waals surface area contributed by atoms with Gasteiger partial charge in [-0.3, -0.25) is 0 Å². The highest BCUT2D eigenvalue weighted by Gasteiger charge is 2.21. The van der Waals surface area contributed by atoms with E-state index in [-0.39, 0.29) is 0 Å². The van der Waals surface area contributed by atoms with Crippen molar-refractivity contribution >= 4 is 0 Å². The Morgan fingerprint density at radius 3 is 2.33 bits per heavy atom. The van der Waals surface area contributed by atoms with Crippen LogP contribution < -0.4 is 5.32 Å². The van der Waals surface area contributed by atoms with E-state index >= 15 is 0 Å². The van der Waals surface area contributed by atoms with Crippen molar-refractivity contribution in [2.45, 2.75) is 77.2 Å². The lowest BCUT2D eigenvalue weighted by atomic mass is 9.83. The smallest absolute Gasteiger partial charge is 0.00984 e. The van der Waals surface area contributed by atoms with Gasteiger partial charge < -0.3 is 5.32 Å². The first-order chi connectivity index (χ1) is 10.4. The standard InChI is InChI=1S/C20H33N/c1-2-17-21-20(16-15-18-11-7-6-8-12-18)19-13-9-4-3-5-10-14-19/h6-8,11-12,19-21H,2-5,9-10,13-17H2,1H3. The predicted molar refractivity (Wildman–Crippen MR) is 92.7 cm³/mol. The molecule has 1 aromatic rings. The van der Waals surface area contributed by atoms with Gasteiger partial charge in [-0.15, -0.1) is 0 Å². The molecule has 21 heavy (non-hydrogen) atoms. The lowest BCUT2D eigenvalue weighted by Gasteiger charge is -2.30. The van der Waals surface area contributed by atoms with Crippen LogP contribution in [0, 0.1) is 5.92 Å². The first kappa shape index (κ1) is 16.5. The number of hydrogen-bond donors (Lipinski definition) is 1. The van der Waals surface area contributed by atoms with Crippen LogP contribution in [-0.2, 0) is 6.42 Å². The van der Waals surface area contributed by atoms with E-state index in [9.17, 15) is 0 Å². The van der Waals surface area contributed by atoms with E-state index in [2.05, 4.69) is 42.6 Å². The van der Waals surface area contributed by atoms with Gasteiger partial charge in [0.05, 0.1) is 0 Å². The first-order valence-electron chi connectivity index (χ1n) is 9.17. The summed E-state index contributed by atoms with van der Waals surface area (Å²) in [5.41, 5.74) is 1.49. The Morgan fingerprint density at radius 1 is 1.00 bits per heavy atom. The molecule has 0 aromatic heterocycles. The molecule has 0 heterocycles. The van der Waals surface area contributed by atoms with Crippen LogP contribution in [-0.4, -0.2) is 12.6 Å². The molecule has 1 heteroatoms.